The average Bonchev–Trinajstić information content (AvgIpc) is 2.35. The Bertz CT molecular complexity index is 578. The quantitative estimate of drug-likeness (QED) is 0.443. The second-order valence-electron chi connectivity index (χ2n) is 3.95. The van der Waals surface area contributed by atoms with Crippen LogP contribution >= 0.6 is 11.6 Å². The molecule has 2 rings (SSSR count). The van der Waals surface area contributed by atoms with Gasteiger partial charge in [0.25, 0.3) is 0 Å². The number of unbranched alkanes of at least 4 members (excludes halogenated alkanes) is 1. The van der Waals surface area contributed by atoms with Gasteiger partial charge in [-0.05, 0) is 37.6 Å². The third-order valence-corrected chi connectivity index (χ3v) is 2.76. The molecule has 1 aromatic carbocycles. The van der Waals surface area contributed by atoms with Crippen molar-refractivity contribution in [2.45, 2.75) is 19.8 Å². The van der Waals surface area contributed by atoms with Crippen LogP contribution in [0.5, 0.6) is 0 Å². The Morgan fingerprint density at radius 1 is 1.24 bits per heavy atom. The SMILES string of the molecule is Cc1ccc2cc(C#CCCCCl)ccc2n1. The van der Waals surface area contributed by atoms with Gasteiger partial charge in [0.05, 0.1) is 5.52 Å². The summed E-state index contributed by atoms with van der Waals surface area (Å²) in [5.74, 6) is 6.95. The monoisotopic (exact) mass is 243 g/mol. The molecule has 0 saturated heterocycles. The molecule has 0 fully saturated rings. The highest BCUT2D eigenvalue weighted by Gasteiger charge is 1.95. The number of benzene rings is 1. The molecular weight excluding hydrogens is 230 g/mol. The molecule has 0 amide bonds. The van der Waals surface area contributed by atoms with Gasteiger partial charge in [0.1, 0.15) is 0 Å². The van der Waals surface area contributed by atoms with Crippen molar-refractivity contribution in [1.29, 1.82) is 0 Å². The summed E-state index contributed by atoms with van der Waals surface area (Å²) >= 11 is 5.60. The van der Waals surface area contributed by atoms with Crippen LogP contribution in [-0.2, 0) is 0 Å². The molecule has 0 atom stereocenters. The van der Waals surface area contributed by atoms with E-state index in [4.69, 9.17) is 11.6 Å². The molecule has 0 N–H and O–H groups in total. The van der Waals surface area contributed by atoms with Crippen LogP contribution < -0.4 is 0 Å². The van der Waals surface area contributed by atoms with Crippen molar-refractivity contribution in [3.63, 3.8) is 0 Å². The van der Waals surface area contributed by atoms with Crippen LogP contribution in [0.4, 0.5) is 0 Å². The fraction of sp³-hybridized carbons (Fsp3) is 0.267. The summed E-state index contributed by atoms with van der Waals surface area (Å²) in [5.41, 5.74) is 3.10. The number of aromatic nitrogens is 1. The van der Waals surface area contributed by atoms with Crippen molar-refractivity contribution in [2.75, 3.05) is 5.88 Å². The number of fused-ring (bicyclic) bond motifs is 1. The van der Waals surface area contributed by atoms with Gasteiger partial charge in [-0.25, -0.2) is 0 Å². The fourth-order valence-electron chi connectivity index (χ4n) is 1.62. The molecule has 0 unspecified atom stereocenters. The Balaban J connectivity index is 2.25. The lowest BCUT2D eigenvalue weighted by molar-refractivity contribution is 0.991. The van der Waals surface area contributed by atoms with Crippen LogP contribution in [0.15, 0.2) is 30.3 Å². The number of alkyl halides is 1. The number of pyridine rings is 1. The summed E-state index contributed by atoms with van der Waals surface area (Å²) in [7, 11) is 0. The maximum Gasteiger partial charge on any atom is 0.0706 e. The first-order chi connectivity index (χ1) is 8.29. The molecule has 0 bridgehead atoms. The molecule has 2 heteroatoms. The highest BCUT2D eigenvalue weighted by molar-refractivity contribution is 6.17. The Morgan fingerprint density at radius 3 is 2.94 bits per heavy atom. The first kappa shape index (κ1) is 12.0. The molecule has 86 valence electrons. The largest absolute Gasteiger partial charge is 0.253 e. The third-order valence-electron chi connectivity index (χ3n) is 2.50. The number of rotatable bonds is 2. The summed E-state index contributed by atoms with van der Waals surface area (Å²) in [6.45, 7) is 2.00. The second kappa shape index (κ2) is 5.70. The molecule has 1 aromatic heterocycles. The van der Waals surface area contributed by atoms with E-state index in [0.717, 1.165) is 35.0 Å². The van der Waals surface area contributed by atoms with Gasteiger partial charge in [0.2, 0.25) is 0 Å². The maximum absolute atomic E-state index is 5.60. The first-order valence-electron chi connectivity index (χ1n) is 5.72. The van der Waals surface area contributed by atoms with Crippen molar-refractivity contribution >= 4 is 22.5 Å². The average molecular weight is 244 g/mol. The number of hydrogen-bond donors (Lipinski definition) is 0. The molecule has 0 aliphatic heterocycles. The topological polar surface area (TPSA) is 12.9 Å². The standard InChI is InChI=1S/C15H14ClN/c1-12-6-8-14-11-13(5-3-2-4-10-16)7-9-15(14)17-12/h6-9,11H,2,4,10H2,1H3. The minimum Gasteiger partial charge on any atom is -0.253 e. The van der Waals surface area contributed by atoms with Crippen LogP contribution in [0, 0.1) is 18.8 Å². The van der Waals surface area contributed by atoms with Gasteiger partial charge in [0, 0.05) is 28.9 Å². The maximum atomic E-state index is 5.60. The predicted molar refractivity (Wildman–Crippen MR) is 73.3 cm³/mol. The minimum atomic E-state index is 0.676. The number of halogens is 1. The molecule has 2 aromatic rings. The van der Waals surface area contributed by atoms with Crippen LogP contribution in [0.1, 0.15) is 24.1 Å². The van der Waals surface area contributed by atoms with E-state index in [9.17, 15) is 0 Å². The van der Waals surface area contributed by atoms with Crippen molar-refractivity contribution in [3.8, 4) is 11.8 Å². The van der Waals surface area contributed by atoms with E-state index in [0.29, 0.717) is 5.88 Å². The Labute approximate surface area is 107 Å². The number of aryl methyl sites for hydroxylation is 1. The highest BCUT2D eigenvalue weighted by Crippen LogP contribution is 2.14. The summed E-state index contributed by atoms with van der Waals surface area (Å²) in [6.07, 6.45) is 1.80. The van der Waals surface area contributed by atoms with Crippen molar-refractivity contribution in [1.82, 2.24) is 4.98 Å². The summed E-state index contributed by atoms with van der Waals surface area (Å²) < 4.78 is 0. The molecular formula is C15H14ClN. The van der Waals surface area contributed by atoms with Gasteiger partial charge in [-0.2, -0.15) is 0 Å². The molecule has 1 heterocycles. The fourth-order valence-corrected chi connectivity index (χ4v) is 1.76. The first-order valence-corrected chi connectivity index (χ1v) is 6.25. The predicted octanol–water partition coefficient (Wildman–Crippen LogP) is 3.91. The van der Waals surface area contributed by atoms with Gasteiger partial charge in [-0.15, -0.1) is 11.6 Å². The van der Waals surface area contributed by atoms with Crippen LogP contribution in [0.3, 0.4) is 0 Å². The third kappa shape index (κ3) is 3.22. The van der Waals surface area contributed by atoms with E-state index < -0.39 is 0 Å². The van der Waals surface area contributed by atoms with Crippen molar-refractivity contribution in [2.24, 2.45) is 0 Å². The van der Waals surface area contributed by atoms with Gasteiger partial charge in [-0.3, -0.25) is 4.98 Å². The van der Waals surface area contributed by atoms with E-state index in [2.05, 4.69) is 29.0 Å². The minimum absolute atomic E-state index is 0.676. The van der Waals surface area contributed by atoms with Gasteiger partial charge in [-0.1, -0.05) is 17.9 Å². The molecule has 1 nitrogen and oxygen atoms in total. The van der Waals surface area contributed by atoms with Crippen LogP contribution in [-0.4, -0.2) is 10.9 Å². The summed E-state index contributed by atoms with van der Waals surface area (Å²) in [5, 5.41) is 1.14. The van der Waals surface area contributed by atoms with Crippen LogP contribution in [0.2, 0.25) is 0 Å². The van der Waals surface area contributed by atoms with E-state index >= 15 is 0 Å². The van der Waals surface area contributed by atoms with E-state index in [-0.39, 0.29) is 0 Å². The molecule has 0 aliphatic rings. The van der Waals surface area contributed by atoms with Gasteiger partial charge >= 0.3 is 0 Å². The Morgan fingerprint density at radius 2 is 2.12 bits per heavy atom. The molecule has 0 radical (unpaired) electrons. The Hall–Kier alpha value is -1.52. The lowest BCUT2D eigenvalue weighted by Gasteiger charge is -1.99. The smallest absolute Gasteiger partial charge is 0.0706 e. The molecule has 17 heavy (non-hydrogen) atoms. The number of hydrogen-bond acceptors (Lipinski definition) is 1. The van der Waals surface area contributed by atoms with Crippen LogP contribution in [0.25, 0.3) is 10.9 Å². The van der Waals surface area contributed by atoms with E-state index in [1.165, 1.54) is 0 Å². The highest BCUT2D eigenvalue weighted by atomic mass is 35.5. The molecule has 0 spiro atoms. The van der Waals surface area contributed by atoms with Gasteiger partial charge in [0.15, 0.2) is 0 Å². The zero-order valence-corrected chi connectivity index (χ0v) is 10.6. The summed E-state index contributed by atoms with van der Waals surface area (Å²) in [6, 6.07) is 10.2. The van der Waals surface area contributed by atoms with E-state index in [1.54, 1.807) is 0 Å². The normalized spacial score (nSPS) is 10.0. The molecule has 0 saturated carbocycles. The van der Waals surface area contributed by atoms with Crippen molar-refractivity contribution < 1.29 is 0 Å². The van der Waals surface area contributed by atoms with E-state index in [1.807, 2.05) is 25.1 Å². The zero-order valence-electron chi connectivity index (χ0n) is 9.83. The van der Waals surface area contributed by atoms with Crippen molar-refractivity contribution in [3.05, 3.63) is 41.6 Å². The lowest BCUT2D eigenvalue weighted by atomic mass is 10.1. The Kier molecular flexibility index (Phi) is 4.01. The van der Waals surface area contributed by atoms with Gasteiger partial charge < -0.3 is 0 Å². The zero-order chi connectivity index (χ0) is 12.1. The lowest BCUT2D eigenvalue weighted by Crippen LogP contribution is -1.84. The summed E-state index contributed by atoms with van der Waals surface area (Å²) in [4.78, 5) is 4.46. The molecule has 0 aliphatic carbocycles. The number of nitrogens with zero attached hydrogens (tertiary/aromatic N) is 1. The second-order valence-corrected chi connectivity index (χ2v) is 4.33.